The Hall–Kier alpha value is -4.77. The molecule has 0 aliphatic carbocycles. The van der Waals surface area contributed by atoms with Crippen LogP contribution in [0.4, 0.5) is 16.0 Å². The molecule has 0 aliphatic heterocycles. The van der Waals surface area contributed by atoms with Crippen molar-refractivity contribution in [3.8, 4) is 5.69 Å². The number of carbonyl (C=O) groups excluding carboxylic acids is 1. The zero-order valence-electron chi connectivity index (χ0n) is 19.9. The van der Waals surface area contributed by atoms with Crippen LogP contribution in [0.15, 0.2) is 72.8 Å². The van der Waals surface area contributed by atoms with Gasteiger partial charge in [0.05, 0.1) is 23.0 Å². The Balaban J connectivity index is 1.50. The number of hydrogen-bond donors (Lipinski definition) is 4. The van der Waals surface area contributed by atoms with Crippen molar-refractivity contribution in [1.29, 1.82) is 0 Å². The Morgan fingerprint density at radius 3 is 2.61 bits per heavy atom. The first-order valence-corrected chi connectivity index (χ1v) is 11.8. The highest BCUT2D eigenvalue weighted by Gasteiger charge is 2.15. The van der Waals surface area contributed by atoms with Crippen LogP contribution < -0.4 is 16.4 Å². The molecule has 0 radical (unpaired) electrons. The van der Waals surface area contributed by atoms with E-state index in [1.807, 2.05) is 30.3 Å². The molecule has 4 rings (SSSR count). The van der Waals surface area contributed by atoms with Gasteiger partial charge in [0.1, 0.15) is 5.82 Å². The highest BCUT2D eigenvalue weighted by atomic mass is 35.5. The van der Waals surface area contributed by atoms with E-state index >= 15 is 0 Å². The summed E-state index contributed by atoms with van der Waals surface area (Å²) in [5, 5.41) is 26.4. The molecule has 1 amide bonds. The lowest BCUT2D eigenvalue weighted by atomic mass is 10.1. The molecule has 10 nitrogen and oxygen atoms in total. The molecule has 1 aromatic heterocycles. The zero-order chi connectivity index (χ0) is 27.1. The van der Waals surface area contributed by atoms with Gasteiger partial charge in [-0.2, -0.15) is 4.68 Å². The molecule has 0 fully saturated rings. The smallest absolute Gasteiger partial charge is 0.335 e. The largest absolute Gasteiger partial charge is 0.478 e. The summed E-state index contributed by atoms with van der Waals surface area (Å²) in [5.74, 6) is -2.25. The van der Waals surface area contributed by atoms with Gasteiger partial charge in [-0.25, -0.2) is 9.18 Å². The van der Waals surface area contributed by atoms with Crippen molar-refractivity contribution >= 4 is 41.2 Å². The van der Waals surface area contributed by atoms with Crippen molar-refractivity contribution in [2.75, 3.05) is 17.6 Å². The second-order valence-electron chi connectivity index (χ2n) is 8.26. The number of carboxylic acids is 1. The van der Waals surface area contributed by atoms with E-state index in [1.54, 1.807) is 24.3 Å². The van der Waals surface area contributed by atoms with E-state index in [9.17, 15) is 14.0 Å². The van der Waals surface area contributed by atoms with Gasteiger partial charge >= 0.3 is 5.97 Å². The van der Waals surface area contributed by atoms with Crippen molar-refractivity contribution in [2.24, 2.45) is 0 Å². The summed E-state index contributed by atoms with van der Waals surface area (Å²) in [6.45, 7) is 0.182. The van der Waals surface area contributed by atoms with E-state index in [0.29, 0.717) is 22.7 Å². The number of nitrogens with one attached hydrogen (secondary N) is 2. The first kappa shape index (κ1) is 26.3. The van der Waals surface area contributed by atoms with Gasteiger partial charge in [0.25, 0.3) is 0 Å². The van der Waals surface area contributed by atoms with E-state index in [-0.39, 0.29) is 23.7 Å². The summed E-state index contributed by atoms with van der Waals surface area (Å²) in [6.07, 6.45) is 3.37. The SMILES string of the molecule is Nc1nnnn1-c1ccc(Cl)cc1/C=C/C(=O)N[C@H](CNc1ccc(C(=O)O)cc1F)Cc1ccccc1. The van der Waals surface area contributed by atoms with Crippen LogP contribution in [0.25, 0.3) is 11.8 Å². The van der Waals surface area contributed by atoms with Gasteiger partial charge in [-0.3, -0.25) is 4.79 Å². The third-order valence-corrected chi connectivity index (χ3v) is 5.79. The number of nitrogens with two attached hydrogens (primary N) is 1. The van der Waals surface area contributed by atoms with Gasteiger partial charge < -0.3 is 21.5 Å². The summed E-state index contributed by atoms with van der Waals surface area (Å²) in [5.41, 5.74) is 7.85. The van der Waals surface area contributed by atoms with Crippen molar-refractivity contribution in [3.05, 3.63) is 100 Å². The number of carbonyl (C=O) groups is 2. The van der Waals surface area contributed by atoms with Gasteiger partial charge in [0.15, 0.2) is 0 Å². The second kappa shape index (κ2) is 12.0. The van der Waals surface area contributed by atoms with Crippen LogP contribution in [-0.2, 0) is 11.2 Å². The Labute approximate surface area is 221 Å². The second-order valence-corrected chi connectivity index (χ2v) is 8.70. The van der Waals surface area contributed by atoms with Crippen molar-refractivity contribution in [2.45, 2.75) is 12.5 Å². The topological polar surface area (TPSA) is 148 Å². The van der Waals surface area contributed by atoms with Crippen LogP contribution in [-0.4, -0.2) is 49.8 Å². The number of aromatic carboxylic acids is 1. The number of benzene rings is 3. The molecule has 4 aromatic rings. The lowest BCUT2D eigenvalue weighted by Gasteiger charge is -2.20. The highest BCUT2D eigenvalue weighted by Crippen LogP contribution is 2.22. The number of amides is 1. The summed E-state index contributed by atoms with van der Waals surface area (Å²) < 4.78 is 15.7. The molecule has 5 N–H and O–H groups in total. The summed E-state index contributed by atoms with van der Waals surface area (Å²) in [7, 11) is 0. The number of anilines is 2. The van der Waals surface area contributed by atoms with Gasteiger partial charge in [0.2, 0.25) is 11.9 Å². The van der Waals surface area contributed by atoms with Crippen molar-refractivity contribution < 1.29 is 19.1 Å². The first-order valence-electron chi connectivity index (χ1n) is 11.4. The number of carboxylic acid groups (broad SMARTS) is 1. The van der Waals surface area contributed by atoms with Crippen LogP contribution in [0.2, 0.25) is 5.02 Å². The Kier molecular flexibility index (Phi) is 8.29. The van der Waals surface area contributed by atoms with E-state index in [0.717, 1.165) is 11.6 Å². The Bertz CT molecular complexity index is 1480. The van der Waals surface area contributed by atoms with E-state index in [2.05, 4.69) is 26.2 Å². The molecule has 0 spiro atoms. The molecular weight excluding hydrogens is 513 g/mol. The Morgan fingerprint density at radius 1 is 1.13 bits per heavy atom. The summed E-state index contributed by atoms with van der Waals surface area (Å²) in [4.78, 5) is 24.0. The monoisotopic (exact) mass is 535 g/mol. The third kappa shape index (κ3) is 6.71. The molecular formula is C26H23ClFN7O3. The normalized spacial score (nSPS) is 11.8. The van der Waals surface area contributed by atoms with Gasteiger partial charge in [-0.15, -0.1) is 0 Å². The number of aromatic nitrogens is 4. The third-order valence-electron chi connectivity index (χ3n) is 5.55. The number of nitrogens with zero attached hydrogens (tertiary/aromatic N) is 4. The molecule has 12 heteroatoms. The van der Waals surface area contributed by atoms with Crippen LogP contribution >= 0.6 is 11.6 Å². The minimum absolute atomic E-state index is 0.0732. The van der Waals surface area contributed by atoms with Crippen molar-refractivity contribution in [1.82, 2.24) is 25.5 Å². The average molecular weight is 536 g/mol. The van der Waals surface area contributed by atoms with Crippen LogP contribution in [0.1, 0.15) is 21.5 Å². The maximum atomic E-state index is 14.4. The fourth-order valence-electron chi connectivity index (χ4n) is 3.73. The lowest BCUT2D eigenvalue weighted by molar-refractivity contribution is -0.117. The van der Waals surface area contributed by atoms with Gasteiger partial charge in [-0.1, -0.05) is 47.0 Å². The molecule has 1 atom stereocenters. The number of nitrogen functional groups attached to an aromatic ring is 1. The number of rotatable bonds is 10. The maximum absolute atomic E-state index is 14.4. The maximum Gasteiger partial charge on any atom is 0.335 e. The quantitative estimate of drug-likeness (QED) is 0.225. The average Bonchev–Trinajstić information content (AvgIpc) is 3.32. The minimum atomic E-state index is -1.22. The molecule has 0 unspecified atom stereocenters. The number of hydrogen-bond acceptors (Lipinski definition) is 7. The number of tetrazole rings is 1. The molecule has 0 aliphatic rings. The van der Waals surface area contributed by atoms with Crippen molar-refractivity contribution in [3.63, 3.8) is 0 Å². The van der Waals surface area contributed by atoms with E-state index in [1.165, 1.54) is 22.9 Å². The fraction of sp³-hybridized carbons (Fsp3) is 0.115. The van der Waals surface area contributed by atoms with Gasteiger partial charge in [-0.05, 0) is 64.9 Å². The first-order chi connectivity index (χ1) is 18.3. The molecule has 0 bridgehead atoms. The summed E-state index contributed by atoms with van der Waals surface area (Å²) >= 11 is 6.15. The minimum Gasteiger partial charge on any atom is -0.478 e. The fourth-order valence-corrected chi connectivity index (χ4v) is 3.91. The highest BCUT2D eigenvalue weighted by molar-refractivity contribution is 6.30. The van der Waals surface area contributed by atoms with Crippen LogP contribution in [0.3, 0.4) is 0 Å². The zero-order valence-corrected chi connectivity index (χ0v) is 20.6. The van der Waals surface area contributed by atoms with E-state index in [4.69, 9.17) is 22.4 Å². The summed E-state index contributed by atoms with van der Waals surface area (Å²) in [6, 6.07) is 17.7. The molecule has 0 saturated carbocycles. The predicted octanol–water partition coefficient (Wildman–Crippen LogP) is 3.59. The molecule has 1 heterocycles. The van der Waals surface area contributed by atoms with Crippen LogP contribution in [0, 0.1) is 5.82 Å². The molecule has 194 valence electrons. The predicted molar refractivity (Wildman–Crippen MR) is 142 cm³/mol. The number of halogens is 2. The molecule has 0 saturated heterocycles. The molecule has 38 heavy (non-hydrogen) atoms. The Morgan fingerprint density at radius 2 is 1.92 bits per heavy atom. The standard InChI is InChI=1S/C26H23ClFN7O3/c27-19-8-10-23(35-26(29)32-33-34-35)17(13-19)7-11-24(36)31-20(12-16-4-2-1-3-5-16)15-30-22-9-6-18(25(37)38)14-21(22)28/h1-11,13-14,20,30H,12,15H2,(H,31,36)(H,37,38)(H2,29,32,34)/b11-7+/t20-/m0/s1. The van der Waals surface area contributed by atoms with Gasteiger partial charge in [0, 0.05) is 23.2 Å². The van der Waals surface area contributed by atoms with E-state index < -0.39 is 23.7 Å². The molecule has 3 aromatic carbocycles. The van der Waals surface area contributed by atoms with Crippen LogP contribution in [0.5, 0.6) is 0 Å². The lowest BCUT2D eigenvalue weighted by Crippen LogP contribution is -2.40.